The highest BCUT2D eigenvalue weighted by molar-refractivity contribution is 6.12. The van der Waals surface area contributed by atoms with E-state index >= 15 is 0 Å². The van der Waals surface area contributed by atoms with E-state index < -0.39 is 23.7 Å². The molecule has 35 heavy (non-hydrogen) atoms. The number of nitrogens with zero attached hydrogens (tertiary/aromatic N) is 5. The van der Waals surface area contributed by atoms with Crippen molar-refractivity contribution in [2.45, 2.75) is 44.0 Å². The van der Waals surface area contributed by atoms with Crippen LogP contribution in [-0.2, 0) is 11.0 Å². The molecule has 5 rings (SSSR count). The smallest absolute Gasteiger partial charge is 0.417 e. The number of benzene rings is 1. The quantitative estimate of drug-likeness (QED) is 0.441. The number of alkyl halides is 3. The summed E-state index contributed by atoms with van der Waals surface area (Å²) in [4.78, 5) is 39.9. The minimum atomic E-state index is -4.60. The molecule has 1 saturated heterocycles. The Morgan fingerprint density at radius 2 is 1.80 bits per heavy atom. The third kappa shape index (κ3) is 4.43. The average molecular weight is 486 g/mol. The number of imide groups is 1. The van der Waals surface area contributed by atoms with Crippen LogP contribution in [0.2, 0.25) is 0 Å². The van der Waals surface area contributed by atoms with Crippen molar-refractivity contribution in [1.82, 2.24) is 19.9 Å². The molecule has 9 nitrogen and oxygen atoms in total. The molecule has 3 heterocycles. The zero-order valence-corrected chi connectivity index (χ0v) is 18.4. The predicted molar refractivity (Wildman–Crippen MR) is 119 cm³/mol. The fourth-order valence-corrected chi connectivity index (χ4v) is 4.53. The SMILES string of the molecule is Nc1ccc2c(OC3CCC(N4C(=O)CN(c5cncc(C(F)(F)F)c5)C4=O)CC3)ncnc2c1. The van der Waals surface area contributed by atoms with Gasteiger partial charge in [-0.25, -0.2) is 14.8 Å². The monoisotopic (exact) mass is 486 g/mol. The summed E-state index contributed by atoms with van der Waals surface area (Å²) in [5.74, 6) is -0.00819. The van der Waals surface area contributed by atoms with Gasteiger partial charge in [-0.15, -0.1) is 0 Å². The molecule has 2 fully saturated rings. The summed E-state index contributed by atoms with van der Waals surface area (Å²) in [5, 5.41) is 0.735. The number of ether oxygens (including phenoxy) is 1. The fourth-order valence-electron chi connectivity index (χ4n) is 4.53. The van der Waals surface area contributed by atoms with Gasteiger partial charge in [-0.2, -0.15) is 13.2 Å². The van der Waals surface area contributed by atoms with Crippen molar-refractivity contribution in [2.24, 2.45) is 0 Å². The van der Waals surface area contributed by atoms with Crippen molar-refractivity contribution in [3.8, 4) is 5.88 Å². The van der Waals surface area contributed by atoms with E-state index in [9.17, 15) is 22.8 Å². The largest absolute Gasteiger partial charge is 0.474 e. The molecule has 2 aromatic heterocycles. The molecule has 0 bridgehead atoms. The number of pyridine rings is 1. The van der Waals surface area contributed by atoms with E-state index in [2.05, 4.69) is 15.0 Å². The van der Waals surface area contributed by atoms with Crippen LogP contribution in [0.1, 0.15) is 31.2 Å². The van der Waals surface area contributed by atoms with Crippen LogP contribution in [0.5, 0.6) is 5.88 Å². The first-order valence-electron chi connectivity index (χ1n) is 11.0. The topological polar surface area (TPSA) is 115 Å². The number of urea groups is 1. The normalized spacial score (nSPS) is 21.1. The third-order valence-corrected chi connectivity index (χ3v) is 6.27. The molecule has 1 aromatic carbocycles. The second-order valence-corrected chi connectivity index (χ2v) is 8.57. The zero-order chi connectivity index (χ0) is 24.7. The van der Waals surface area contributed by atoms with Crippen molar-refractivity contribution < 1.29 is 27.5 Å². The van der Waals surface area contributed by atoms with Crippen molar-refractivity contribution in [3.05, 3.63) is 48.5 Å². The van der Waals surface area contributed by atoms with Gasteiger partial charge in [0.15, 0.2) is 0 Å². The Morgan fingerprint density at radius 1 is 1.03 bits per heavy atom. The van der Waals surface area contributed by atoms with Gasteiger partial charge in [-0.3, -0.25) is 19.6 Å². The highest BCUT2D eigenvalue weighted by Gasteiger charge is 2.43. The molecule has 12 heteroatoms. The third-order valence-electron chi connectivity index (χ3n) is 6.27. The van der Waals surface area contributed by atoms with E-state index in [4.69, 9.17) is 10.5 Å². The van der Waals surface area contributed by atoms with E-state index in [1.165, 1.54) is 6.33 Å². The highest BCUT2D eigenvalue weighted by atomic mass is 19.4. The number of fused-ring (bicyclic) bond motifs is 1. The molecule has 3 amide bonds. The number of rotatable bonds is 4. The van der Waals surface area contributed by atoms with E-state index in [0.717, 1.165) is 27.4 Å². The number of aromatic nitrogens is 3. The van der Waals surface area contributed by atoms with Crippen molar-refractivity contribution >= 4 is 34.2 Å². The number of carbonyl (C=O) groups is 2. The highest BCUT2D eigenvalue weighted by Crippen LogP contribution is 2.34. The first-order valence-corrected chi connectivity index (χ1v) is 11.0. The summed E-state index contributed by atoms with van der Waals surface area (Å²) in [7, 11) is 0. The summed E-state index contributed by atoms with van der Waals surface area (Å²) in [6.07, 6.45) is 0.630. The number of nitrogen functional groups attached to an aromatic ring is 1. The number of halogens is 3. The Labute approximate surface area is 197 Å². The summed E-state index contributed by atoms with van der Waals surface area (Å²) in [6.45, 7) is -0.325. The second-order valence-electron chi connectivity index (χ2n) is 8.57. The van der Waals surface area contributed by atoms with Gasteiger partial charge in [0.05, 0.1) is 28.4 Å². The summed E-state index contributed by atoms with van der Waals surface area (Å²) >= 11 is 0. The maximum Gasteiger partial charge on any atom is 0.417 e. The van der Waals surface area contributed by atoms with E-state index in [0.29, 0.717) is 49.0 Å². The van der Waals surface area contributed by atoms with Gasteiger partial charge in [-0.05, 0) is 49.9 Å². The number of carbonyl (C=O) groups excluding carboxylic acids is 2. The van der Waals surface area contributed by atoms with Crippen molar-refractivity contribution in [2.75, 3.05) is 17.2 Å². The van der Waals surface area contributed by atoms with Crippen LogP contribution in [0.3, 0.4) is 0 Å². The number of hydrogen-bond donors (Lipinski definition) is 1. The summed E-state index contributed by atoms with van der Waals surface area (Å²) in [6, 6.07) is 5.10. The molecule has 2 aliphatic rings. The van der Waals surface area contributed by atoms with Crippen LogP contribution in [0, 0.1) is 0 Å². The average Bonchev–Trinajstić information content (AvgIpc) is 3.13. The lowest BCUT2D eigenvalue weighted by molar-refractivity contribution is -0.137. The second kappa shape index (κ2) is 8.67. The number of anilines is 2. The Morgan fingerprint density at radius 3 is 2.54 bits per heavy atom. The Balaban J connectivity index is 1.25. The molecule has 2 N–H and O–H groups in total. The molecule has 0 radical (unpaired) electrons. The van der Waals surface area contributed by atoms with Gasteiger partial charge in [0.25, 0.3) is 5.91 Å². The lowest BCUT2D eigenvalue weighted by Crippen LogP contribution is -2.44. The van der Waals surface area contributed by atoms with Gasteiger partial charge in [0, 0.05) is 17.9 Å². The lowest BCUT2D eigenvalue weighted by Gasteiger charge is -2.33. The van der Waals surface area contributed by atoms with Gasteiger partial charge in [0.2, 0.25) is 5.88 Å². The van der Waals surface area contributed by atoms with Gasteiger partial charge < -0.3 is 10.5 Å². The minimum absolute atomic E-state index is 0.0611. The zero-order valence-electron chi connectivity index (χ0n) is 18.4. The number of amides is 3. The number of hydrogen-bond acceptors (Lipinski definition) is 7. The van der Waals surface area contributed by atoms with Crippen LogP contribution in [0.25, 0.3) is 10.9 Å². The minimum Gasteiger partial charge on any atom is -0.474 e. The Hall–Kier alpha value is -3.96. The van der Waals surface area contributed by atoms with Crippen LogP contribution in [0.15, 0.2) is 43.0 Å². The van der Waals surface area contributed by atoms with Crippen molar-refractivity contribution in [1.29, 1.82) is 0 Å². The lowest BCUT2D eigenvalue weighted by atomic mass is 9.92. The molecule has 1 aliphatic heterocycles. The van der Waals surface area contributed by atoms with Gasteiger partial charge in [-0.1, -0.05) is 0 Å². The first-order chi connectivity index (χ1) is 16.7. The number of nitrogens with two attached hydrogens (primary N) is 1. The predicted octanol–water partition coefficient (Wildman–Crippen LogP) is 3.78. The van der Waals surface area contributed by atoms with Crippen LogP contribution < -0.4 is 15.4 Å². The maximum absolute atomic E-state index is 13.0. The van der Waals surface area contributed by atoms with Gasteiger partial charge >= 0.3 is 12.2 Å². The molecule has 1 saturated carbocycles. The maximum atomic E-state index is 13.0. The molecule has 182 valence electrons. The van der Waals surface area contributed by atoms with E-state index in [-0.39, 0.29) is 24.4 Å². The van der Waals surface area contributed by atoms with Crippen LogP contribution in [0.4, 0.5) is 29.3 Å². The summed E-state index contributed by atoms with van der Waals surface area (Å²) < 4.78 is 45.2. The Kier molecular flexibility index (Phi) is 5.65. The standard InChI is InChI=1S/C23H21F3N6O3/c24-23(25,26)13-7-16(10-28-9-13)31-11-20(33)32(22(31)34)15-2-4-17(5-3-15)35-21-18-6-1-14(27)8-19(18)29-12-30-21/h1,6-10,12,15,17H,2-5,11,27H2. The summed E-state index contributed by atoms with van der Waals surface area (Å²) in [5.41, 5.74) is 6.02. The van der Waals surface area contributed by atoms with E-state index in [1.54, 1.807) is 18.2 Å². The molecule has 1 aliphatic carbocycles. The fraction of sp³-hybridized carbons (Fsp3) is 0.348. The van der Waals surface area contributed by atoms with Crippen LogP contribution in [-0.4, -0.2) is 50.5 Å². The van der Waals surface area contributed by atoms with Crippen LogP contribution >= 0.6 is 0 Å². The molecule has 0 atom stereocenters. The van der Waals surface area contributed by atoms with Gasteiger partial charge in [0.1, 0.15) is 19.0 Å². The molecular weight excluding hydrogens is 465 g/mol. The molecule has 3 aromatic rings. The Bertz CT molecular complexity index is 1290. The van der Waals surface area contributed by atoms with E-state index in [1.807, 2.05) is 0 Å². The van der Waals surface area contributed by atoms with Crippen molar-refractivity contribution in [3.63, 3.8) is 0 Å². The first kappa shape index (κ1) is 22.8. The molecule has 0 unspecified atom stereocenters. The molecule has 0 spiro atoms. The molecular formula is C23H21F3N6O3.